The summed E-state index contributed by atoms with van der Waals surface area (Å²) in [5.74, 6) is 1.70. The lowest BCUT2D eigenvalue weighted by Gasteiger charge is -2.33. The molecule has 1 amide bonds. The van der Waals surface area contributed by atoms with Crippen LogP contribution in [0, 0.1) is 12.3 Å². The molecule has 218 valence electrons. The number of fused-ring (bicyclic) bond motifs is 5. The van der Waals surface area contributed by atoms with Gasteiger partial charge in [0.2, 0.25) is 0 Å². The molecule has 1 aromatic carbocycles. The Labute approximate surface area is 249 Å². The first-order valence-corrected chi connectivity index (χ1v) is 15.3. The molecule has 3 heterocycles. The molecule has 2 aromatic heterocycles. The number of aryl methyl sites for hydroxylation is 1. The minimum Gasteiger partial charge on any atom is -0.384 e. The Hall–Kier alpha value is -4.02. The molecule has 2 fully saturated rings. The van der Waals surface area contributed by atoms with Gasteiger partial charge in [0.05, 0.1) is 4.88 Å². The predicted octanol–water partition coefficient (Wildman–Crippen LogP) is 4.81. The number of nitrogens with one attached hydrogen (secondary N) is 2. The molecule has 42 heavy (non-hydrogen) atoms. The number of nitrogens with two attached hydrogens (primary N) is 1. The maximum absolute atomic E-state index is 13.2. The number of anilines is 1. The van der Waals surface area contributed by atoms with Crippen LogP contribution in [0.5, 0.6) is 0 Å². The van der Waals surface area contributed by atoms with Gasteiger partial charge in [0.25, 0.3) is 11.5 Å². The molecule has 2 bridgehead atoms. The summed E-state index contributed by atoms with van der Waals surface area (Å²) in [5, 5.41) is 11.5. The number of carbonyl (C=O) groups is 1. The third-order valence-corrected chi connectivity index (χ3v) is 10.1. The number of benzene rings is 1. The predicted molar refractivity (Wildman–Crippen MR) is 171 cm³/mol. The zero-order chi connectivity index (χ0) is 29.5. The molecule has 0 spiro atoms. The first kappa shape index (κ1) is 28.1. The van der Waals surface area contributed by atoms with E-state index < -0.39 is 0 Å². The van der Waals surface area contributed by atoms with Crippen molar-refractivity contribution < 1.29 is 4.79 Å². The molecule has 6 rings (SSSR count). The first-order valence-electron chi connectivity index (χ1n) is 14.5. The van der Waals surface area contributed by atoms with Crippen LogP contribution in [-0.4, -0.2) is 65.2 Å². The Balaban J connectivity index is 1.21. The smallest absolute Gasteiger partial charge is 0.276 e. The molecule has 2 aliphatic carbocycles. The van der Waals surface area contributed by atoms with Crippen molar-refractivity contribution in [2.75, 3.05) is 38.5 Å². The topological polar surface area (TPSA) is 120 Å². The summed E-state index contributed by atoms with van der Waals surface area (Å²) >= 11 is 1.64. The van der Waals surface area contributed by atoms with Crippen LogP contribution in [0.15, 0.2) is 58.5 Å². The number of hydrogen-bond acceptors (Lipinski definition) is 6. The Morgan fingerprint density at radius 2 is 1.88 bits per heavy atom. The second-order valence-corrected chi connectivity index (χ2v) is 12.7. The second-order valence-electron chi connectivity index (χ2n) is 11.6. The van der Waals surface area contributed by atoms with Crippen LogP contribution in [-0.2, 0) is 7.05 Å². The van der Waals surface area contributed by atoms with E-state index in [-0.39, 0.29) is 23.0 Å². The van der Waals surface area contributed by atoms with E-state index in [1.807, 2.05) is 30.0 Å². The summed E-state index contributed by atoms with van der Waals surface area (Å²) in [5.41, 5.74) is 10.8. The van der Waals surface area contributed by atoms with Crippen LogP contribution < -0.4 is 16.6 Å². The molecular weight excluding hydrogens is 546 g/mol. The first-order chi connectivity index (χ1) is 20.2. The summed E-state index contributed by atoms with van der Waals surface area (Å²) in [6.45, 7) is 5.35. The number of aromatic nitrogens is 1. The lowest BCUT2D eigenvalue weighted by molar-refractivity contribution is 0.103. The van der Waals surface area contributed by atoms with Crippen molar-refractivity contribution in [1.29, 1.82) is 5.41 Å². The van der Waals surface area contributed by atoms with Gasteiger partial charge in [-0.05, 0) is 92.1 Å². The maximum Gasteiger partial charge on any atom is 0.276 e. The number of rotatable bonds is 6. The fourth-order valence-corrected chi connectivity index (χ4v) is 7.64. The number of amidine groups is 2. The summed E-state index contributed by atoms with van der Waals surface area (Å²) in [6.07, 6.45) is 8.70. The molecule has 2 unspecified atom stereocenters. The Morgan fingerprint density at radius 3 is 2.64 bits per heavy atom. The second kappa shape index (κ2) is 11.3. The standard InChI is InChI=1S/C32H37N7O2S/c1-19-23(5-4-6-25(19)36-31(40)27-17-24-20-7-8-21(15-20)30(24)42-27)22-16-26(32(41)38(3)18-22)35-28(33)9-10-29(34)39-13-11-37(2)12-14-39/h4-6,9-10,16-18,20-21,34H,7-8,11-15H2,1-3H3,(H2,33,35)(H,36,40)/b10-9-,34-29?. The van der Waals surface area contributed by atoms with Crippen molar-refractivity contribution in [3.8, 4) is 11.1 Å². The molecule has 4 N–H and O–H groups in total. The summed E-state index contributed by atoms with van der Waals surface area (Å²) in [4.78, 5) is 37.0. The Morgan fingerprint density at radius 1 is 1.12 bits per heavy atom. The summed E-state index contributed by atoms with van der Waals surface area (Å²) in [7, 11) is 3.76. The van der Waals surface area contributed by atoms with Crippen molar-refractivity contribution in [2.45, 2.75) is 38.0 Å². The van der Waals surface area contributed by atoms with Gasteiger partial charge in [0.15, 0.2) is 0 Å². The highest BCUT2D eigenvalue weighted by Crippen LogP contribution is 2.55. The minimum atomic E-state index is -0.272. The van der Waals surface area contributed by atoms with Crippen molar-refractivity contribution in [1.82, 2.24) is 14.4 Å². The monoisotopic (exact) mass is 583 g/mol. The van der Waals surface area contributed by atoms with E-state index in [0.717, 1.165) is 53.4 Å². The molecular formula is C32H37N7O2S. The average molecular weight is 584 g/mol. The molecule has 9 nitrogen and oxygen atoms in total. The zero-order valence-electron chi connectivity index (χ0n) is 24.3. The third kappa shape index (κ3) is 5.44. The van der Waals surface area contributed by atoms with E-state index >= 15 is 0 Å². The third-order valence-electron chi connectivity index (χ3n) is 8.82. The number of thiophene rings is 1. The Bertz CT molecular complexity index is 1650. The minimum absolute atomic E-state index is 0.0819. The molecule has 1 saturated carbocycles. The summed E-state index contributed by atoms with van der Waals surface area (Å²) < 4.78 is 1.49. The van der Waals surface area contributed by atoms with Crippen LogP contribution in [0.25, 0.3) is 11.1 Å². The van der Waals surface area contributed by atoms with E-state index in [1.165, 1.54) is 34.3 Å². The molecule has 0 radical (unpaired) electrons. The number of amides is 1. The number of aliphatic imine (C=N–C) groups is 1. The fourth-order valence-electron chi connectivity index (χ4n) is 6.35. The van der Waals surface area contributed by atoms with E-state index in [4.69, 9.17) is 11.1 Å². The molecule has 10 heteroatoms. The SMILES string of the molecule is Cc1c(NC(=O)c2cc3c(s2)C2CCC3C2)cccc1-c1cc(N=C(N)/C=C\C(=N)N2CCN(C)CC2)c(=O)n(C)c1. The molecule has 3 aromatic rings. The fraction of sp³-hybridized carbons (Fsp3) is 0.375. The van der Waals surface area contributed by atoms with Crippen molar-refractivity contribution in [3.63, 3.8) is 0 Å². The van der Waals surface area contributed by atoms with E-state index in [1.54, 1.807) is 42.8 Å². The van der Waals surface area contributed by atoms with E-state index in [2.05, 4.69) is 28.3 Å². The highest BCUT2D eigenvalue weighted by Gasteiger charge is 2.39. The average Bonchev–Trinajstić information content (AvgIpc) is 3.70. The van der Waals surface area contributed by atoms with Crippen molar-refractivity contribution in [2.24, 2.45) is 17.8 Å². The quantitative estimate of drug-likeness (QED) is 0.284. The highest BCUT2D eigenvalue weighted by atomic mass is 32.1. The molecule has 1 aliphatic heterocycles. The molecule has 3 aliphatic rings. The number of carbonyl (C=O) groups excluding carboxylic acids is 1. The molecule has 2 atom stereocenters. The van der Waals surface area contributed by atoms with Crippen molar-refractivity contribution >= 4 is 40.3 Å². The number of hydrogen-bond donors (Lipinski definition) is 3. The summed E-state index contributed by atoms with van der Waals surface area (Å²) in [6, 6.07) is 9.60. The maximum atomic E-state index is 13.2. The van der Waals surface area contributed by atoms with Gasteiger partial charge in [-0.2, -0.15) is 0 Å². The number of pyridine rings is 1. The van der Waals surface area contributed by atoms with Gasteiger partial charge in [0.1, 0.15) is 17.4 Å². The van der Waals surface area contributed by atoms with Gasteiger partial charge in [-0.1, -0.05) is 12.1 Å². The number of nitrogens with zero attached hydrogens (tertiary/aromatic N) is 4. The number of likely N-dealkylation sites (N-methyl/N-ethyl adjacent to an activating group) is 1. The number of piperazine rings is 1. The molecule has 1 saturated heterocycles. The van der Waals surface area contributed by atoms with E-state index in [9.17, 15) is 9.59 Å². The van der Waals surface area contributed by atoms with Gasteiger partial charge in [-0.3, -0.25) is 15.0 Å². The van der Waals surface area contributed by atoms with Gasteiger partial charge >= 0.3 is 0 Å². The lowest BCUT2D eigenvalue weighted by atomic mass is 9.98. The van der Waals surface area contributed by atoms with Crippen LogP contribution in [0.2, 0.25) is 0 Å². The highest BCUT2D eigenvalue weighted by molar-refractivity contribution is 7.14. The van der Waals surface area contributed by atoms with Gasteiger partial charge < -0.3 is 25.4 Å². The largest absolute Gasteiger partial charge is 0.384 e. The van der Waals surface area contributed by atoms with Crippen molar-refractivity contribution in [3.05, 3.63) is 79.9 Å². The van der Waals surface area contributed by atoms with Crippen LogP contribution in [0.1, 0.15) is 56.8 Å². The lowest BCUT2D eigenvalue weighted by Crippen LogP contribution is -2.46. The zero-order valence-corrected chi connectivity index (χ0v) is 25.1. The van der Waals surface area contributed by atoms with Crippen LogP contribution >= 0.6 is 11.3 Å². The van der Waals surface area contributed by atoms with Gasteiger partial charge in [0, 0.05) is 55.6 Å². The van der Waals surface area contributed by atoms with Crippen LogP contribution in [0.4, 0.5) is 11.4 Å². The van der Waals surface area contributed by atoms with Gasteiger partial charge in [-0.25, -0.2) is 4.99 Å². The van der Waals surface area contributed by atoms with Gasteiger partial charge in [-0.15, -0.1) is 11.3 Å². The Kier molecular flexibility index (Phi) is 7.59. The normalized spacial score (nSPS) is 20.4. The van der Waals surface area contributed by atoms with Crippen LogP contribution in [0.3, 0.4) is 0 Å². The van der Waals surface area contributed by atoms with E-state index in [0.29, 0.717) is 17.7 Å².